The fourth-order valence-electron chi connectivity index (χ4n) is 6.72. The zero-order valence-electron chi connectivity index (χ0n) is 31.9. The Hall–Kier alpha value is -4.61. The number of nitrogens with one attached hydrogen (secondary N) is 1. The summed E-state index contributed by atoms with van der Waals surface area (Å²) in [5, 5.41) is 30.2. The number of β-lactam (4-membered cyclic amide) rings is 1. The Balaban J connectivity index is 1.29. The highest BCUT2D eigenvalue weighted by atomic mass is 32.2. The molecule has 3 heterocycles. The van der Waals surface area contributed by atoms with E-state index in [9.17, 15) is 29.8 Å². The maximum Gasteiger partial charge on any atom is 0.356 e. The molecular weight excluding hydrogens is 733 g/mol. The van der Waals surface area contributed by atoms with Crippen molar-refractivity contribution in [3.05, 3.63) is 90.5 Å². The van der Waals surface area contributed by atoms with Crippen molar-refractivity contribution in [1.29, 1.82) is 5.41 Å². The minimum Gasteiger partial charge on any atom is -0.459 e. The van der Waals surface area contributed by atoms with Crippen LogP contribution in [0.5, 0.6) is 0 Å². The van der Waals surface area contributed by atoms with Gasteiger partial charge in [0.05, 0.1) is 27.9 Å². The molecule has 0 radical (unpaired) electrons. The molecule has 0 aliphatic carbocycles. The first-order valence-corrected chi connectivity index (χ1v) is 21.6. The molecule has 15 nitrogen and oxygen atoms in total. The van der Waals surface area contributed by atoms with E-state index in [0.29, 0.717) is 30.1 Å². The summed E-state index contributed by atoms with van der Waals surface area (Å²) < 4.78 is 17.9. The smallest absolute Gasteiger partial charge is 0.356 e. The summed E-state index contributed by atoms with van der Waals surface area (Å²) in [6.45, 7) is 17.8. The molecule has 0 spiro atoms. The molecule has 0 saturated carbocycles. The number of esters is 1. The molecule has 2 aromatic rings. The zero-order valence-corrected chi connectivity index (χ0v) is 33.7. The first-order chi connectivity index (χ1) is 25.3. The fourth-order valence-corrected chi connectivity index (χ4v) is 9.63. The normalized spacial score (nSPS) is 22.1. The highest BCUT2D eigenvalue weighted by Crippen LogP contribution is 2.53. The van der Waals surface area contributed by atoms with Gasteiger partial charge in [0, 0.05) is 53.4 Å². The number of carbonyl (C=O) groups excluding carboxylic acids is 2. The molecule has 17 heteroatoms. The molecule has 1 N–H and O–H groups in total. The van der Waals surface area contributed by atoms with Crippen LogP contribution in [-0.2, 0) is 36.7 Å². The summed E-state index contributed by atoms with van der Waals surface area (Å²) >= 11 is 1.57. The Bertz CT molecular complexity index is 1860. The molecular formula is C37H48N6O9SSi. The monoisotopic (exact) mass is 780 g/mol. The van der Waals surface area contributed by atoms with E-state index in [1.165, 1.54) is 36.4 Å². The standard InChI is InChI=1S/C37H48N6O9SSi/c1-22-31-30(23(2)52-54(7,8)37(4,5)6)34(44)41(31)32(35(45)50-20-25-9-13-27(14-10-25)42(46)47)33(22)53-29-17-18-40(19-29)24(3)39-36(38)51-21-26-11-15-28(16-12-26)43(48)49/h9-16,22-23,29-31,38H,17-21H2,1-8H3/b38-36?,39-24+/t22-,23-,29+,30-,31-/m1/s1. The number of nitro benzene ring substituents is 2. The number of non-ortho nitro benzene ring substituents is 2. The van der Waals surface area contributed by atoms with Gasteiger partial charge in [-0.05, 0) is 73.8 Å². The number of likely N-dealkylation sites (tertiary alicyclic amines) is 1. The predicted octanol–water partition coefficient (Wildman–Crippen LogP) is 7.02. The highest BCUT2D eigenvalue weighted by molar-refractivity contribution is 8.03. The van der Waals surface area contributed by atoms with Gasteiger partial charge in [-0.3, -0.25) is 25.0 Å². The second kappa shape index (κ2) is 16.0. The van der Waals surface area contributed by atoms with Crippen LogP contribution in [0.2, 0.25) is 18.1 Å². The first kappa shape index (κ1) is 40.6. The number of aliphatic imine (C=N–C) groups is 1. The number of fused-ring (bicyclic) bond motifs is 1. The van der Waals surface area contributed by atoms with Crippen LogP contribution < -0.4 is 0 Å². The van der Waals surface area contributed by atoms with Gasteiger partial charge in [0.2, 0.25) is 5.91 Å². The van der Waals surface area contributed by atoms with Crippen LogP contribution in [0.25, 0.3) is 0 Å². The molecule has 0 aromatic heterocycles. The second-order valence-corrected chi connectivity index (χ2v) is 21.6. The third-order valence-electron chi connectivity index (χ3n) is 10.8. The van der Waals surface area contributed by atoms with Gasteiger partial charge in [0.1, 0.15) is 24.7 Å². The molecule has 5 atom stereocenters. The number of nitro groups is 2. The Morgan fingerprint density at radius 2 is 1.56 bits per heavy atom. The van der Waals surface area contributed by atoms with E-state index in [1.807, 2.05) is 18.7 Å². The minimum atomic E-state index is -2.20. The molecule has 1 amide bonds. The third kappa shape index (κ3) is 8.68. The topological polar surface area (TPSA) is 191 Å². The van der Waals surface area contributed by atoms with E-state index in [1.54, 1.807) is 35.7 Å². The highest BCUT2D eigenvalue weighted by Gasteiger charge is 2.61. The van der Waals surface area contributed by atoms with E-state index < -0.39 is 30.1 Å². The van der Waals surface area contributed by atoms with Gasteiger partial charge in [-0.25, -0.2) is 10.2 Å². The largest absolute Gasteiger partial charge is 0.459 e. The molecule has 3 aliphatic rings. The Morgan fingerprint density at radius 1 is 1.02 bits per heavy atom. The van der Waals surface area contributed by atoms with Crippen molar-refractivity contribution >= 4 is 55.2 Å². The molecule has 2 aromatic carbocycles. The van der Waals surface area contributed by atoms with E-state index >= 15 is 0 Å². The number of hydrogen-bond acceptors (Lipinski definition) is 11. The number of carbonyl (C=O) groups is 2. The molecule has 54 heavy (non-hydrogen) atoms. The molecule has 0 bridgehead atoms. The predicted molar refractivity (Wildman–Crippen MR) is 207 cm³/mol. The molecule has 3 aliphatic heterocycles. The summed E-state index contributed by atoms with van der Waals surface area (Å²) in [4.78, 5) is 57.6. The lowest BCUT2D eigenvalue weighted by atomic mass is 9.79. The van der Waals surface area contributed by atoms with Crippen LogP contribution in [0.3, 0.4) is 0 Å². The number of amides is 1. The average molecular weight is 781 g/mol. The Morgan fingerprint density at radius 3 is 2.07 bits per heavy atom. The minimum absolute atomic E-state index is 0.0281. The summed E-state index contributed by atoms with van der Waals surface area (Å²) in [5.41, 5.74) is 1.40. The van der Waals surface area contributed by atoms with E-state index in [4.69, 9.17) is 19.3 Å². The number of thioether (sulfide) groups is 1. The van der Waals surface area contributed by atoms with Crippen LogP contribution in [0.15, 0.2) is 64.1 Å². The second-order valence-electron chi connectivity index (χ2n) is 15.5. The molecule has 0 unspecified atom stereocenters. The lowest BCUT2D eigenvalue weighted by Gasteiger charge is -2.50. The van der Waals surface area contributed by atoms with Crippen molar-refractivity contribution in [1.82, 2.24) is 9.80 Å². The maximum atomic E-state index is 13.9. The SMILES string of the molecule is C/C(=N\C(=N)OCc1ccc([N+](=O)[O-])cc1)N1CC[C@H](SC2=C(C(=O)OCc3ccc([N+](=O)[O-])cc3)N3C(=O)[C@H]([C@@H](C)O[Si](C)(C)C(C)(C)C)[C@H]3[C@H]2C)C1. The lowest BCUT2D eigenvalue weighted by molar-refractivity contribution is -0.385. The average Bonchev–Trinajstić information content (AvgIpc) is 3.67. The Kier molecular flexibility index (Phi) is 12.0. The fraction of sp³-hybridized carbons (Fsp3) is 0.514. The van der Waals surface area contributed by atoms with Crippen molar-refractivity contribution in [3.63, 3.8) is 0 Å². The number of rotatable bonds is 12. The molecule has 290 valence electrons. The number of benzene rings is 2. The van der Waals surface area contributed by atoms with Crippen molar-refractivity contribution in [2.24, 2.45) is 16.8 Å². The van der Waals surface area contributed by atoms with Gasteiger partial charge in [0.25, 0.3) is 11.4 Å². The Labute approximate surface area is 320 Å². The number of nitrogens with zero attached hydrogens (tertiary/aromatic N) is 5. The van der Waals surface area contributed by atoms with Crippen LogP contribution in [0.1, 0.15) is 59.1 Å². The van der Waals surface area contributed by atoms with E-state index in [-0.39, 0.29) is 70.6 Å². The van der Waals surface area contributed by atoms with Gasteiger partial charge in [0.15, 0.2) is 8.32 Å². The summed E-state index contributed by atoms with van der Waals surface area (Å²) in [7, 11) is -2.20. The quantitative estimate of drug-likeness (QED) is 0.0443. The number of ether oxygens (including phenoxy) is 2. The van der Waals surface area contributed by atoms with Crippen molar-refractivity contribution in [2.75, 3.05) is 13.1 Å². The number of hydrogen-bond donors (Lipinski definition) is 1. The summed E-state index contributed by atoms with van der Waals surface area (Å²) in [6, 6.07) is 11.1. The van der Waals surface area contributed by atoms with Gasteiger partial charge < -0.3 is 23.7 Å². The van der Waals surface area contributed by atoms with Gasteiger partial charge in [-0.15, -0.1) is 11.8 Å². The zero-order chi connectivity index (χ0) is 39.7. The van der Waals surface area contributed by atoms with Crippen molar-refractivity contribution in [2.45, 2.75) is 96.7 Å². The van der Waals surface area contributed by atoms with Gasteiger partial charge in [-0.2, -0.15) is 4.99 Å². The van der Waals surface area contributed by atoms with Gasteiger partial charge in [-0.1, -0.05) is 27.7 Å². The van der Waals surface area contributed by atoms with Crippen LogP contribution in [0, 0.1) is 37.5 Å². The molecule has 5 rings (SSSR count). The maximum absolute atomic E-state index is 13.9. The number of amidine groups is 2. The summed E-state index contributed by atoms with van der Waals surface area (Å²) in [6.07, 6.45) is 0.422. The van der Waals surface area contributed by atoms with Crippen LogP contribution >= 0.6 is 11.8 Å². The van der Waals surface area contributed by atoms with Crippen LogP contribution in [0.4, 0.5) is 11.4 Å². The van der Waals surface area contributed by atoms with E-state index in [0.717, 1.165) is 11.3 Å². The van der Waals surface area contributed by atoms with Crippen molar-refractivity contribution in [3.8, 4) is 0 Å². The van der Waals surface area contributed by atoms with Crippen LogP contribution in [-0.4, -0.2) is 82.2 Å². The molecule has 2 saturated heterocycles. The van der Waals surface area contributed by atoms with Gasteiger partial charge >= 0.3 is 12.0 Å². The van der Waals surface area contributed by atoms with E-state index in [2.05, 4.69) is 38.9 Å². The summed E-state index contributed by atoms with van der Waals surface area (Å²) in [5.74, 6) is -0.773. The first-order valence-electron chi connectivity index (χ1n) is 17.9. The lowest BCUT2D eigenvalue weighted by Crippen LogP contribution is -2.65. The molecule has 2 fully saturated rings. The van der Waals surface area contributed by atoms with Crippen molar-refractivity contribution < 1.29 is 33.3 Å². The third-order valence-corrected chi connectivity index (χ3v) is 16.9.